The van der Waals surface area contributed by atoms with Crippen molar-refractivity contribution in [2.45, 2.75) is 32.9 Å². The van der Waals surface area contributed by atoms with Crippen molar-refractivity contribution >= 4 is 27.7 Å². The van der Waals surface area contributed by atoms with Crippen LogP contribution in [-0.2, 0) is 11.3 Å². The zero-order chi connectivity index (χ0) is 13.2. The monoisotopic (exact) mass is 301 g/mol. The Morgan fingerprint density at radius 3 is 2.59 bits per heavy atom. The lowest BCUT2D eigenvalue weighted by Crippen LogP contribution is -2.53. The number of aromatic nitrogens is 1. The maximum Gasteiger partial charge on any atom is 0.268 e. The highest BCUT2D eigenvalue weighted by atomic mass is 79.9. The maximum atomic E-state index is 12.0. The van der Waals surface area contributed by atoms with Crippen LogP contribution < -0.4 is 11.1 Å². The van der Waals surface area contributed by atoms with Crippen LogP contribution in [0.5, 0.6) is 0 Å². The second-order valence-corrected chi connectivity index (χ2v) is 5.19. The predicted molar refractivity (Wildman–Crippen MR) is 68.5 cm³/mol. The molecule has 94 valence electrons. The lowest BCUT2D eigenvalue weighted by molar-refractivity contribution is -0.122. The molecule has 1 rings (SSSR count). The molecule has 1 aromatic rings. The molecule has 0 aliphatic rings. The zero-order valence-corrected chi connectivity index (χ0v) is 11.7. The van der Waals surface area contributed by atoms with E-state index in [4.69, 9.17) is 5.73 Å². The molecule has 0 saturated carbocycles. The molecular weight excluding hydrogens is 286 g/mol. The van der Waals surface area contributed by atoms with E-state index in [0.29, 0.717) is 12.2 Å². The van der Waals surface area contributed by atoms with E-state index in [1.807, 2.05) is 13.1 Å². The molecular formula is C11H16BrN3O2. The van der Waals surface area contributed by atoms with Gasteiger partial charge in [0, 0.05) is 17.2 Å². The highest BCUT2D eigenvalue weighted by Crippen LogP contribution is 2.15. The van der Waals surface area contributed by atoms with E-state index in [1.54, 1.807) is 24.5 Å². The number of halogens is 1. The van der Waals surface area contributed by atoms with Crippen LogP contribution in [0.3, 0.4) is 0 Å². The summed E-state index contributed by atoms with van der Waals surface area (Å²) in [6, 6.07) is 1.70. The summed E-state index contributed by atoms with van der Waals surface area (Å²) in [6.07, 6.45) is 1.81. The Balaban J connectivity index is 2.94. The Morgan fingerprint density at radius 1 is 1.53 bits per heavy atom. The van der Waals surface area contributed by atoms with E-state index in [2.05, 4.69) is 21.2 Å². The van der Waals surface area contributed by atoms with Gasteiger partial charge in [-0.15, -0.1) is 0 Å². The summed E-state index contributed by atoms with van der Waals surface area (Å²) in [4.78, 5) is 23.1. The fourth-order valence-electron chi connectivity index (χ4n) is 1.34. The van der Waals surface area contributed by atoms with Gasteiger partial charge in [0.15, 0.2) is 0 Å². The van der Waals surface area contributed by atoms with Crippen molar-refractivity contribution in [3.8, 4) is 0 Å². The molecule has 1 aromatic heterocycles. The van der Waals surface area contributed by atoms with Crippen molar-refractivity contribution in [1.82, 2.24) is 9.88 Å². The van der Waals surface area contributed by atoms with Gasteiger partial charge in [-0.2, -0.15) is 0 Å². The van der Waals surface area contributed by atoms with E-state index in [-0.39, 0.29) is 5.91 Å². The zero-order valence-electron chi connectivity index (χ0n) is 10.1. The highest BCUT2D eigenvalue weighted by Gasteiger charge is 2.28. The van der Waals surface area contributed by atoms with Gasteiger partial charge in [0.05, 0.1) is 0 Å². The number of hydrogen-bond acceptors (Lipinski definition) is 2. The van der Waals surface area contributed by atoms with E-state index < -0.39 is 11.4 Å². The van der Waals surface area contributed by atoms with Crippen molar-refractivity contribution in [3.05, 3.63) is 22.4 Å². The summed E-state index contributed by atoms with van der Waals surface area (Å²) in [6.45, 7) is 5.75. The minimum Gasteiger partial charge on any atom is -0.368 e. The summed E-state index contributed by atoms with van der Waals surface area (Å²) in [5, 5.41) is 2.60. The lowest BCUT2D eigenvalue weighted by Gasteiger charge is -2.22. The normalized spacial score (nSPS) is 11.3. The van der Waals surface area contributed by atoms with E-state index in [0.717, 1.165) is 4.47 Å². The van der Waals surface area contributed by atoms with Gasteiger partial charge >= 0.3 is 0 Å². The van der Waals surface area contributed by atoms with Crippen LogP contribution in [0.25, 0.3) is 0 Å². The van der Waals surface area contributed by atoms with Gasteiger partial charge in [0.25, 0.3) is 5.91 Å². The maximum absolute atomic E-state index is 12.0. The summed E-state index contributed by atoms with van der Waals surface area (Å²) < 4.78 is 2.61. The smallest absolute Gasteiger partial charge is 0.268 e. The third-order valence-corrected chi connectivity index (χ3v) is 2.91. The molecule has 0 radical (unpaired) electrons. The Labute approximate surface area is 108 Å². The van der Waals surface area contributed by atoms with E-state index >= 15 is 0 Å². The minimum atomic E-state index is -1.06. The van der Waals surface area contributed by atoms with Crippen molar-refractivity contribution in [1.29, 1.82) is 0 Å². The van der Waals surface area contributed by atoms with E-state index in [9.17, 15) is 9.59 Å². The molecule has 0 unspecified atom stereocenters. The fourth-order valence-corrected chi connectivity index (χ4v) is 1.80. The van der Waals surface area contributed by atoms with Gasteiger partial charge in [0.1, 0.15) is 11.2 Å². The van der Waals surface area contributed by atoms with Gasteiger partial charge in [0.2, 0.25) is 5.91 Å². The largest absolute Gasteiger partial charge is 0.368 e. The molecule has 0 atom stereocenters. The molecule has 6 heteroatoms. The number of hydrogen-bond donors (Lipinski definition) is 2. The van der Waals surface area contributed by atoms with Crippen LogP contribution in [-0.4, -0.2) is 21.9 Å². The fraction of sp³-hybridized carbons (Fsp3) is 0.455. The molecule has 0 bridgehead atoms. The summed E-state index contributed by atoms with van der Waals surface area (Å²) in [5.74, 6) is -0.888. The number of nitrogens with one attached hydrogen (secondary N) is 1. The summed E-state index contributed by atoms with van der Waals surface area (Å²) in [7, 11) is 0. The van der Waals surface area contributed by atoms with Gasteiger partial charge in [-0.05, 0) is 42.8 Å². The highest BCUT2D eigenvalue weighted by molar-refractivity contribution is 9.10. The number of aryl methyl sites for hydroxylation is 1. The first-order chi connectivity index (χ1) is 7.77. The first-order valence-electron chi connectivity index (χ1n) is 5.26. The van der Waals surface area contributed by atoms with Crippen LogP contribution >= 0.6 is 15.9 Å². The number of carbonyl (C=O) groups excluding carboxylic acids is 2. The van der Waals surface area contributed by atoms with Crippen molar-refractivity contribution in [2.75, 3.05) is 0 Å². The Bertz CT molecular complexity index is 452. The number of carbonyl (C=O) groups is 2. The van der Waals surface area contributed by atoms with Crippen LogP contribution in [0.2, 0.25) is 0 Å². The summed E-state index contributed by atoms with van der Waals surface area (Å²) >= 11 is 3.31. The standard InChI is InChI=1S/C11H16BrN3O2/c1-4-15-6-7(12)5-8(15)9(16)14-11(2,3)10(13)17/h5-6H,4H2,1-3H3,(H2,13,17)(H,14,16). The molecule has 1 heterocycles. The van der Waals surface area contributed by atoms with Gasteiger partial charge in [-0.1, -0.05) is 0 Å². The molecule has 2 amide bonds. The van der Waals surface area contributed by atoms with Crippen molar-refractivity contribution < 1.29 is 9.59 Å². The minimum absolute atomic E-state index is 0.318. The number of primary amides is 1. The predicted octanol–water partition coefficient (Wildman–Crippen LogP) is 1.26. The number of nitrogens with zero attached hydrogens (tertiary/aromatic N) is 1. The van der Waals surface area contributed by atoms with Gasteiger partial charge in [-0.3, -0.25) is 9.59 Å². The molecule has 0 fully saturated rings. The first-order valence-corrected chi connectivity index (χ1v) is 6.05. The molecule has 0 aromatic carbocycles. The topological polar surface area (TPSA) is 77.1 Å². The molecule has 0 spiro atoms. The third kappa shape index (κ3) is 3.09. The average Bonchev–Trinajstić information content (AvgIpc) is 2.58. The SMILES string of the molecule is CCn1cc(Br)cc1C(=O)NC(C)(C)C(N)=O. The Kier molecular flexibility index (Phi) is 3.98. The number of rotatable bonds is 4. The summed E-state index contributed by atoms with van der Waals surface area (Å²) in [5.41, 5.74) is 4.63. The van der Waals surface area contributed by atoms with E-state index in [1.165, 1.54) is 0 Å². The van der Waals surface area contributed by atoms with Crippen LogP contribution in [0, 0.1) is 0 Å². The first kappa shape index (κ1) is 13.8. The Hall–Kier alpha value is -1.30. The second-order valence-electron chi connectivity index (χ2n) is 4.27. The average molecular weight is 302 g/mol. The van der Waals surface area contributed by atoms with Gasteiger partial charge in [-0.25, -0.2) is 0 Å². The molecule has 0 aliphatic carbocycles. The number of amides is 2. The molecule has 0 saturated heterocycles. The third-order valence-electron chi connectivity index (χ3n) is 2.48. The van der Waals surface area contributed by atoms with Crippen molar-refractivity contribution in [3.63, 3.8) is 0 Å². The van der Waals surface area contributed by atoms with Crippen LogP contribution in [0.4, 0.5) is 0 Å². The molecule has 17 heavy (non-hydrogen) atoms. The van der Waals surface area contributed by atoms with Gasteiger partial charge < -0.3 is 15.6 Å². The quantitative estimate of drug-likeness (QED) is 0.878. The Morgan fingerprint density at radius 2 is 2.12 bits per heavy atom. The van der Waals surface area contributed by atoms with Crippen LogP contribution in [0.15, 0.2) is 16.7 Å². The number of nitrogens with two attached hydrogens (primary N) is 1. The molecule has 5 nitrogen and oxygen atoms in total. The molecule has 0 aliphatic heterocycles. The van der Waals surface area contributed by atoms with Crippen molar-refractivity contribution in [2.24, 2.45) is 5.73 Å². The lowest BCUT2D eigenvalue weighted by atomic mass is 10.1. The molecule has 3 N–H and O–H groups in total. The second kappa shape index (κ2) is 4.91. The van der Waals surface area contributed by atoms with Crippen LogP contribution in [0.1, 0.15) is 31.3 Å².